The molecule has 1 saturated carbocycles. The molecule has 0 unspecified atom stereocenters. The summed E-state index contributed by atoms with van der Waals surface area (Å²) in [4.78, 5) is 26.6. The Labute approximate surface area is 124 Å². The Balaban J connectivity index is 1.85. The molecule has 2 amide bonds. The van der Waals surface area contributed by atoms with Crippen molar-refractivity contribution in [2.45, 2.75) is 44.3 Å². The van der Waals surface area contributed by atoms with Crippen molar-refractivity contribution in [3.8, 4) is 0 Å². The maximum atomic E-state index is 12.6. The highest BCUT2D eigenvalue weighted by molar-refractivity contribution is 5.95. The molecule has 0 atom stereocenters. The van der Waals surface area contributed by atoms with Gasteiger partial charge in [0.1, 0.15) is 0 Å². The number of rotatable bonds is 4. The van der Waals surface area contributed by atoms with Crippen molar-refractivity contribution in [3.05, 3.63) is 17.8 Å². The van der Waals surface area contributed by atoms with E-state index in [1.165, 1.54) is 0 Å². The van der Waals surface area contributed by atoms with Gasteiger partial charge in [-0.3, -0.25) is 9.59 Å². The largest absolute Gasteiger partial charge is 0.452 e. The number of nitrogens with one attached hydrogen (secondary N) is 2. The summed E-state index contributed by atoms with van der Waals surface area (Å²) in [6.07, 6.45) is 0.682. The van der Waals surface area contributed by atoms with Crippen molar-refractivity contribution in [2.75, 3.05) is 6.54 Å². The number of halogens is 3. The minimum Gasteiger partial charge on any atom is -0.438 e. The van der Waals surface area contributed by atoms with Crippen LogP contribution in [0, 0.1) is 0 Å². The lowest BCUT2D eigenvalue weighted by Crippen LogP contribution is -2.43. The zero-order valence-corrected chi connectivity index (χ0v) is 11.7. The molecule has 0 aliphatic heterocycles. The van der Waals surface area contributed by atoms with E-state index in [4.69, 9.17) is 0 Å². The standard InChI is InChI=1S/C13H16F3N3O3/c14-13(15,16)11-10(18-7-22-11)12(21)17-6-9(20)19-8-4-2-1-3-5-8/h7-8H,1-6H2,(H,17,21)(H,19,20). The van der Waals surface area contributed by atoms with Crippen molar-refractivity contribution in [2.24, 2.45) is 0 Å². The van der Waals surface area contributed by atoms with Crippen LogP contribution in [0.1, 0.15) is 48.4 Å². The van der Waals surface area contributed by atoms with E-state index in [-0.39, 0.29) is 6.04 Å². The highest BCUT2D eigenvalue weighted by atomic mass is 19.4. The van der Waals surface area contributed by atoms with Crippen molar-refractivity contribution < 1.29 is 27.2 Å². The van der Waals surface area contributed by atoms with Gasteiger partial charge in [0.25, 0.3) is 5.91 Å². The van der Waals surface area contributed by atoms with E-state index in [1.54, 1.807) is 0 Å². The molecule has 2 N–H and O–H groups in total. The first-order chi connectivity index (χ1) is 10.4. The SMILES string of the molecule is O=C(CNC(=O)c1ncoc1C(F)(F)F)NC1CCCCC1. The van der Waals surface area contributed by atoms with Crippen molar-refractivity contribution >= 4 is 11.8 Å². The summed E-state index contributed by atoms with van der Waals surface area (Å²) in [6.45, 7) is -0.403. The van der Waals surface area contributed by atoms with E-state index in [0.29, 0.717) is 6.39 Å². The van der Waals surface area contributed by atoms with E-state index < -0.39 is 36.0 Å². The summed E-state index contributed by atoms with van der Waals surface area (Å²) in [5, 5.41) is 4.86. The number of hydrogen-bond acceptors (Lipinski definition) is 4. The summed E-state index contributed by atoms with van der Waals surface area (Å²) in [7, 11) is 0. The molecule has 1 fully saturated rings. The second-order valence-electron chi connectivity index (χ2n) is 5.11. The summed E-state index contributed by atoms with van der Waals surface area (Å²) in [5.41, 5.74) is -0.877. The number of hydrogen-bond donors (Lipinski definition) is 2. The Hall–Kier alpha value is -2.06. The molecule has 1 aliphatic rings. The van der Waals surface area contributed by atoms with Gasteiger partial charge in [0.05, 0.1) is 6.54 Å². The summed E-state index contributed by atoms with van der Waals surface area (Å²) in [6, 6.07) is 0.0657. The van der Waals surface area contributed by atoms with Crippen LogP contribution >= 0.6 is 0 Å². The monoisotopic (exact) mass is 319 g/mol. The fourth-order valence-corrected chi connectivity index (χ4v) is 2.38. The number of carbonyl (C=O) groups excluding carboxylic acids is 2. The van der Waals surface area contributed by atoms with Crippen molar-refractivity contribution in [1.82, 2.24) is 15.6 Å². The van der Waals surface area contributed by atoms with Crippen LogP contribution in [0.15, 0.2) is 10.8 Å². The van der Waals surface area contributed by atoms with E-state index in [2.05, 4.69) is 20.0 Å². The molecule has 6 nitrogen and oxygen atoms in total. The maximum absolute atomic E-state index is 12.6. The Bertz CT molecular complexity index is 536. The molecule has 0 bridgehead atoms. The number of aromatic nitrogens is 1. The van der Waals surface area contributed by atoms with Gasteiger partial charge in [-0.1, -0.05) is 19.3 Å². The summed E-state index contributed by atoms with van der Waals surface area (Å²) >= 11 is 0. The smallest absolute Gasteiger partial charge is 0.438 e. The second kappa shape index (κ2) is 6.80. The molecule has 1 aliphatic carbocycles. The first kappa shape index (κ1) is 16.3. The Morgan fingerprint density at radius 3 is 2.59 bits per heavy atom. The van der Waals surface area contributed by atoms with Gasteiger partial charge >= 0.3 is 6.18 Å². The lowest BCUT2D eigenvalue weighted by Gasteiger charge is -2.22. The predicted octanol–water partition coefficient (Wildman–Crippen LogP) is 1.87. The van der Waals surface area contributed by atoms with Gasteiger partial charge < -0.3 is 15.1 Å². The van der Waals surface area contributed by atoms with Crippen LogP contribution < -0.4 is 10.6 Å². The molecular weight excluding hydrogens is 303 g/mol. The third-order valence-corrected chi connectivity index (χ3v) is 3.42. The first-order valence-corrected chi connectivity index (χ1v) is 6.96. The first-order valence-electron chi connectivity index (χ1n) is 6.96. The molecule has 22 heavy (non-hydrogen) atoms. The fourth-order valence-electron chi connectivity index (χ4n) is 2.38. The third kappa shape index (κ3) is 4.22. The molecule has 2 rings (SSSR count). The fraction of sp³-hybridized carbons (Fsp3) is 0.615. The van der Waals surface area contributed by atoms with E-state index in [0.717, 1.165) is 32.1 Å². The van der Waals surface area contributed by atoms with Gasteiger partial charge in [-0.25, -0.2) is 4.98 Å². The molecule has 0 aromatic carbocycles. The van der Waals surface area contributed by atoms with Gasteiger partial charge in [0.15, 0.2) is 12.1 Å². The number of nitrogens with zero attached hydrogens (tertiary/aromatic N) is 1. The quantitative estimate of drug-likeness (QED) is 0.887. The number of alkyl halides is 3. The molecule has 9 heteroatoms. The minimum absolute atomic E-state index is 0.0657. The van der Waals surface area contributed by atoms with Gasteiger partial charge in [0, 0.05) is 6.04 Å². The lowest BCUT2D eigenvalue weighted by molar-refractivity contribution is -0.153. The number of amides is 2. The maximum Gasteiger partial charge on any atom is 0.452 e. The Kier molecular flexibility index (Phi) is 5.04. The normalized spacial score (nSPS) is 16.3. The Morgan fingerprint density at radius 2 is 1.95 bits per heavy atom. The van der Waals surface area contributed by atoms with Crippen LogP contribution in [0.2, 0.25) is 0 Å². The van der Waals surface area contributed by atoms with Crippen molar-refractivity contribution in [3.63, 3.8) is 0 Å². The highest BCUT2D eigenvalue weighted by Gasteiger charge is 2.40. The van der Waals surface area contributed by atoms with Gasteiger partial charge in [-0.05, 0) is 12.8 Å². The van der Waals surface area contributed by atoms with E-state index in [1.807, 2.05) is 0 Å². The zero-order valence-electron chi connectivity index (χ0n) is 11.7. The number of oxazole rings is 1. The van der Waals surface area contributed by atoms with Gasteiger partial charge in [-0.2, -0.15) is 13.2 Å². The Morgan fingerprint density at radius 1 is 1.27 bits per heavy atom. The predicted molar refractivity (Wildman–Crippen MR) is 68.9 cm³/mol. The van der Waals surface area contributed by atoms with E-state index >= 15 is 0 Å². The highest BCUT2D eigenvalue weighted by Crippen LogP contribution is 2.31. The second-order valence-corrected chi connectivity index (χ2v) is 5.11. The van der Waals surface area contributed by atoms with Crippen LogP contribution in [0.5, 0.6) is 0 Å². The number of carbonyl (C=O) groups is 2. The van der Waals surface area contributed by atoms with Crippen LogP contribution in [-0.4, -0.2) is 29.4 Å². The molecule has 0 saturated heterocycles. The van der Waals surface area contributed by atoms with Gasteiger partial charge in [-0.15, -0.1) is 0 Å². The molecular formula is C13H16F3N3O3. The van der Waals surface area contributed by atoms with Gasteiger partial charge in [0.2, 0.25) is 11.7 Å². The average Bonchev–Trinajstić information content (AvgIpc) is 2.95. The lowest BCUT2D eigenvalue weighted by atomic mass is 9.95. The summed E-state index contributed by atoms with van der Waals surface area (Å²) < 4.78 is 41.9. The molecule has 0 spiro atoms. The average molecular weight is 319 g/mol. The minimum atomic E-state index is -4.81. The van der Waals surface area contributed by atoms with Crippen molar-refractivity contribution in [1.29, 1.82) is 0 Å². The summed E-state index contributed by atoms with van der Waals surface area (Å²) in [5.74, 6) is -3.00. The zero-order chi connectivity index (χ0) is 16.2. The van der Waals surface area contributed by atoms with E-state index in [9.17, 15) is 22.8 Å². The van der Waals surface area contributed by atoms with Crippen LogP contribution in [0.25, 0.3) is 0 Å². The van der Waals surface area contributed by atoms with Crippen LogP contribution in [-0.2, 0) is 11.0 Å². The molecule has 122 valence electrons. The molecule has 1 aromatic heterocycles. The van der Waals surface area contributed by atoms with Crippen LogP contribution in [0.4, 0.5) is 13.2 Å². The molecule has 0 radical (unpaired) electrons. The topological polar surface area (TPSA) is 84.2 Å². The third-order valence-electron chi connectivity index (χ3n) is 3.42. The molecule has 1 heterocycles. The van der Waals surface area contributed by atoms with Crippen LogP contribution in [0.3, 0.4) is 0 Å². The molecule has 1 aromatic rings.